The van der Waals surface area contributed by atoms with Crippen molar-refractivity contribution in [3.05, 3.63) is 131 Å². The van der Waals surface area contributed by atoms with Crippen molar-refractivity contribution < 1.29 is 55.8 Å². The molecule has 2 heterocycles. The first-order chi connectivity index (χ1) is 25.8. The predicted octanol–water partition coefficient (Wildman–Crippen LogP) is 6.07. The topological polar surface area (TPSA) is 175 Å². The van der Waals surface area contributed by atoms with Crippen molar-refractivity contribution in [1.29, 1.82) is 5.26 Å². The Balaban J connectivity index is 1.40. The highest BCUT2D eigenvalue weighted by Crippen LogP contribution is 2.43. The molecule has 0 aliphatic carbocycles. The Hall–Kier alpha value is -4.79. The SMILES string of the molecule is COc1cccc(C(=O)O[C@@](Cn2cncn2)(c2ccc(F)cc2F)[C@@H](C)SC2COC(/C=C/C=C/c3ccc(C#N)cc3F)OC2)c1COP(=O)(O)O. The number of ether oxygens (including phenoxy) is 4. The number of esters is 1. The van der Waals surface area contributed by atoms with Crippen LogP contribution in [-0.4, -0.2) is 67.6 Å². The number of benzene rings is 3. The summed E-state index contributed by atoms with van der Waals surface area (Å²) in [5.41, 5.74) is -1.85. The number of aromatic nitrogens is 3. The zero-order valence-electron chi connectivity index (χ0n) is 28.8. The first kappa shape index (κ1) is 40.4. The van der Waals surface area contributed by atoms with Crippen LogP contribution in [0.15, 0.2) is 85.5 Å². The van der Waals surface area contributed by atoms with Gasteiger partial charge in [-0.3, -0.25) is 4.52 Å². The number of nitriles is 1. The highest BCUT2D eigenvalue weighted by molar-refractivity contribution is 8.00. The predicted molar refractivity (Wildman–Crippen MR) is 189 cm³/mol. The first-order valence-electron chi connectivity index (χ1n) is 16.1. The molecule has 2 atom stereocenters. The van der Waals surface area contributed by atoms with Crippen LogP contribution in [0.25, 0.3) is 6.08 Å². The Morgan fingerprint density at radius 1 is 1.15 bits per heavy atom. The van der Waals surface area contributed by atoms with Crippen LogP contribution in [-0.2, 0) is 42.1 Å². The van der Waals surface area contributed by atoms with E-state index in [0.29, 0.717) is 11.6 Å². The van der Waals surface area contributed by atoms with Crippen molar-refractivity contribution in [2.24, 2.45) is 0 Å². The van der Waals surface area contributed by atoms with Gasteiger partial charge in [0.15, 0.2) is 11.9 Å². The standard InChI is InChI=1S/C36H34F3N4O9PS/c1-23(54-27-17-49-34(50-18-27)9-4-3-6-25-11-10-24(16-40)14-31(25)38)36(20-43-22-41-21-42-43,30-13-12-26(37)15-32(30)39)52-35(44)28-7-5-8-33(48-2)29(28)19-51-53(45,46)47/h3-15,21-23,27,34H,17-20H2,1-2H3,(H2,45,46,47)/b6-3+,9-4+/t23-,27?,34?,36-/m1/s1. The number of nitrogens with zero attached hydrogens (tertiary/aromatic N) is 4. The van der Waals surface area contributed by atoms with E-state index in [2.05, 4.69) is 10.1 Å². The van der Waals surface area contributed by atoms with Crippen LogP contribution < -0.4 is 4.74 Å². The second-order valence-electron chi connectivity index (χ2n) is 11.8. The Labute approximate surface area is 312 Å². The van der Waals surface area contributed by atoms with E-state index in [-0.39, 0.29) is 53.0 Å². The highest BCUT2D eigenvalue weighted by atomic mass is 32.2. The molecule has 1 aromatic heterocycles. The van der Waals surface area contributed by atoms with Gasteiger partial charge in [0.2, 0.25) is 0 Å². The summed E-state index contributed by atoms with van der Waals surface area (Å²) in [5.74, 6) is -3.40. The summed E-state index contributed by atoms with van der Waals surface area (Å²) in [7, 11) is -3.70. The van der Waals surface area contributed by atoms with Crippen LogP contribution in [0.2, 0.25) is 0 Å². The van der Waals surface area contributed by atoms with Gasteiger partial charge in [0, 0.05) is 28.0 Å². The number of halogens is 3. The van der Waals surface area contributed by atoms with E-state index in [1.807, 2.05) is 6.07 Å². The van der Waals surface area contributed by atoms with Crippen LogP contribution in [0.5, 0.6) is 5.75 Å². The number of methoxy groups -OCH3 is 1. The van der Waals surface area contributed by atoms with Gasteiger partial charge in [-0.15, -0.1) is 11.8 Å². The number of phosphoric ester groups is 1. The number of hydrogen-bond acceptors (Lipinski definition) is 11. The number of thioether (sulfide) groups is 1. The van der Waals surface area contributed by atoms with Gasteiger partial charge in [-0.05, 0) is 49.4 Å². The zero-order chi connectivity index (χ0) is 38.9. The third-order valence-corrected chi connectivity index (χ3v) is 10.1. The average molecular weight is 787 g/mol. The smallest absolute Gasteiger partial charge is 0.469 e. The second-order valence-corrected chi connectivity index (χ2v) is 14.7. The van der Waals surface area contributed by atoms with Crippen molar-refractivity contribution in [2.75, 3.05) is 20.3 Å². The van der Waals surface area contributed by atoms with Gasteiger partial charge in [0.1, 0.15) is 35.9 Å². The molecule has 1 saturated heterocycles. The molecule has 18 heteroatoms. The van der Waals surface area contributed by atoms with Crippen molar-refractivity contribution >= 4 is 31.6 Å². The second kappa shape index (κ2) is 18.0. The minimum absolute atomic E-state index is 0.0482. The molecule has 3 aromatic carbocycles. The van der Waals surface area contributed by atoms with Gasteiger partial charge in [0.25, 0.3) is 0 Å². The van der Waals surface area contributed by atoms with Crippen molar-refractivity contribution in [2.45, 2.75) is 42.5 Å². The highest BCUT2D eigenvalue weighted by Gasteiger charge is 2.47. The van der Waals surface area contributed by atoms with E-state index in [0.717, 1.165) is 12.1 Å². The van der Waals surface area contributed by atoms with Gasteiger partial charge < -0.3 is 28.7 Å². The van der Waals surface area contributed by atoms with E-state index in [1.165, 1.54) is 78.7 Å². The summed E-state index contributed by atoms with van der Waals surface area (Å²) in [6.07, 6.45) is 8.18. The Morgan fingerprint density at radius 3 is 2.57 bits per heavy atom. The first-order valence-corrected chi connectivity index (χ1v) is 18.6. The molecule has 5 rings (SSSR count). The van der Waals surface area contributed by atoms with E-state index in [4.69, 9.17) is 28.7 Å². The van der Waals surface area contributed by atoms with E-state index in [1.54, 1.807) is 25.2 Å². The fourth-order valence-electron chi connectivity index (χ4n) is 5.59. The van der Waals surface area contributed by atoms with Crippen LogP contribution in [0.1, 0.15) is 39.5 Å². The summed E-state index contributed by atoms with van der Waals surface area (Å²) in [6.45, 7) is 0.951. The molecule has 0 radical (unpaired) electrons. The quantitative estimate of drug-likeness (QED) is 0.0808. The molecule has 54 heavy (non-hydrogen) atoms. The zero-order valence-corrected chi connectivity index (χ0v) is 30.5. The number of carbonyl (C=O) groups is 1. The molecule has 2 N–H and O–H groups in total. The fourth-order valence-corrected chi connectivity index (χ4v) is 7.25. The van der Waals surface area contributed by atoms with Gasteiger partial charge in [-0.1, -0.05) is 30.4 Å². The lowest BCUT2D eigenvalue weighted by atomic mass is 9.89. The molecule has 0 spiro atoms. The van der Waals surface area contributed by atoms with Crippen molar-refractivity contribution in [3.63, 3.8) is 0 Å². The largest absolute Gasteiger partial charge is 0.496 e. The normalized spacial score (nSPS) is 18.0. The van der Waals surface area contributed by atoms with E-state index < -0.39 is 55.0 Å². The van der Waals surface area contributed by atoms with Crippen LogP contribution in [0.4, 0.5) is 13.2 Å². The maximum Gasteiger partial charge on any atom is 0.469 e. The minimum atomic E-state index is -4.99. The molecule has 13 nitrogen and oxygen atoms in total. The summed E-state index contributed by atoms with van der Waals surface area (Å²) in [5, 5.41) is 11.9. The molecule has 0 saturated carbocycles. The molecule has 0 unspecified atom stereocenters. The molecule has 284 valence electrons. The van der Waals surface area contributed by atoms with E-state index >= 15 is 4.39 Å². The number of rotatable bonds is 15. The number of phosphoric acid groups is 1. The van der Waals surface area contributed by atoms with Gasteiger partial charge in [0.05, 0.1) is 55.9 Å². The van der Waals surface area contributed by atoms with Crippen LogP contribution in [0, 0.1) is 28.8 Å². The average Bonchev–Trinajstić information content (AvgIpc) is 3.65. The van der Waals surface area contributed by atoms with Crippen LogP contribution in [0.3, 0.4) is 0 Å². The lowest BCUT2D eigenvalue weighted by molar-refractivity contribution is -0.146. The molecule has 1 fully saturated rings. The Morgan fingerprint density at radius 2 is 1.93 bits per heavy atom. The molecule has 1 aliphatic heterocycles. The number of allylic oxidation sites excluding steroid dienone is 2. The van der Waals surface area contributed by atoms with Crippen LogP contribution >= 0.6 is 19.6 Å². The maximum absolute atomic E-state index is 15.9. The summed E-state index contributed by atoms with van der Waals surface area (Å²) in [6, 6.07) is 13.1. The van der Waals surface area contributed by atoms with Crippen molar-refractivity contribution in [1.82, 2.24) is 14.8 Å². The molecule has 0 bridgehead atoms. The lowest BCUT2D eigenvalue weighted by Gasteiger charge is -2.40. The van der Waals surface area contributed by atoms with Gasteiger partial charge in [-0.25, -0.2) is 32.2 Å². The maximum atomic E-state index is 15.9. The molecular formula is C36H34F3N4O9PS. The third-order valence-electron chi connectivity index (χ3n) is 8.21. The molecule has 0 amide bonds. The summed E-state index contributed by atoms with van der Waals surface area (Å²) in [4.78, 5) is 36.9. The summed E-state index contributed by atoms with van der Waals surface area (Å²) < 4.78 is 85.3. The Bertz CT molecular complexity index is 2090. The molecular weight excluding hydrogens is 752 g/mol. The van der Waals surface area contributed by atoms with Gasteiger partial charge >= 0.3 is 13.8 Å². The van der Waals surface area contributed by atoms with E-state index in [9.17, 15) is 27.9 Å². The summed E-state index contributed by atoms with van der Waals surface area (Å²) >= 11 is 1.25. The molecule has 1 aliphatic rings. The fraction of sp³-hybridized carbons (Fsp3) is 0.278. The Kier molecular flexibility index (Phi) is 13.5. The van der Waals surface area contributed by atoms with Crippen molar-refractivity contribution in [3.8, 4) is 11.8 Å². The molecule has 4 aromatic rings. The van der Waals surface area contributed by atoms with Gasteiger partial charge in [-0.2, -0.15) is 10.4 Å². The monoisotopic (exact) mass is 786 g/mol. The minimum Gasteiger partial charge on any atom is -0.496 e. The number of hydrogen-bond donors (Lipinski definition) is 2. The third kappa shape index (κ3) is 10.2. The number of carbonyl (C=O) groups excluding carboxylic acids is 1. The lowest BCUT2D eigenvalue weighted by Crippen LogP contribution is -2.47.